The summed E-state index contributed by atoms with van der Waals surface area (Å²) in [6.45, 7) is 3.66. The minimum Gasteiger partial charge on any atom is -0.478 e. The van der Waals surface area contributed by atoms with Gasteiger partial charge in [0.2, 0.25) is 0 Å². The molecule has 0 aliphatic heterocycles. The molecular weight excluding hydrogens is 248 g/mol. The molecule has 19 heavy (non-hydrogen) atoms. The summed E-state index contributed by atoms with van der Waals surface area (Å²) in [5.41, 5.74) is 2.35. The molecule has 1 aromatic carbocycles. The molecule has 0 saturated carbocycles. The second-order valence-electron chi connectivity index (χ2n) is 3.88. The number of aliphatic carboxylic acids is 1. The summed E-state index contributed by atoms with van der Waals surface area (Å²) in [4.78, 5) is 32.9. The van der Waals surface area contributed by atoms with Crippen LogP contribution in [-0.2, 0) is 9.59 Å². The first-order valence-electron chi connectivity index (χ1n) is 5.49. The molecule has 0 heterocycles. The fourth-order valence-electron chi connectivity index (χ4n) is 1.46. The van der Waals surface area contributed by atoms with E-state index in [1.807, 2.05) is 37.4 Å². The molecule has 0 radical (unpaired) electrons. The highest BCUT2D eigenvalue weighted by molar-refractivity contribution is 6.06. The van der Waals surface area contributed by atoms with Crippen LogP contribution < -0.4 is 10.6 Å². The highest BCUT2D eigenvalue weighted by Crippen LogP contribution is 2.18. The van der Waals surface area contributed by atoms with E-state index < -0.39 is 17.9 Å². The van der Waals surface area contributed by atoms with E-state index >= 15 is 0 Å². The van der Waals surface area contributed by atoms with Crippen molar-refractivity contribution in [1.82, 2.24) is 5.32 Å². The zero-order valence-electron chi connectivity index (χ0n) is 10.6. The van der Waals surface area contributed by atoms with E-state index in [0.717, 1.165) is 17.2 Å². The van der Waals surface area contributed by atoms with Crippen LogP contribution in [0.4, 0.5) is 10.5 Å². The Kier molecular flexibility index (Phi) is 4.82. The van der Waals surface area contributed by atoms with Crippen molar-refractivity contribution in [2.75, 3.05) is 5.32 Å². The number of benzene rings is 1. The van der Waals surface area contributed by atoms with Crippen molar-refractivity contribution in [3.63, 3.8) is 0 Å². The third-order valence-corrected chi connectivity index (χ3v) is 2.33. The van der Waals surface area contributed by atoms with Crippen LogP contribution >= 0.6 is 0 Å². The predicted octanol–water partition coefficient (Wildman–Crippen LogP) is 1.59. The van der Waals surface area contributed by atoms with Gasteiger partial charge in [0, 0.05) is 17.8 Å². The van der Waals surface area contributed by atoms with Crippen LogP contribution in [0.15, 0.2) is 30.4 Å². The molecule has 0 aromatic heterocycles. The van der Waals surface area contributed by atoms with E-state index in [9.17, 15) is 14.4 Å². The Morgan fingerprint density at radius 1 is 1.11 bits per heavy atom. The number of aryl methyl sites for hydroxylation is 2. The molecule has 0 aliphatic rings. The molecular formula is C13H14N2O4. The van der Waals surface area contributed by atoms with Crippen molar-refractivity contribution in [3.05, 3.63) is 41.5 Å². The third-order valence-electron chi connectivity index (χ3n) is 2.33. The molecule has 6 nitrogen and oxygen atoms in total. The maximum Gasteiger partial charge on any atom is 0.328 e. The molecule has 0 fully saturated rings. The van der Waals surface area contributed by atoms with Crippen LogP contribution in [0.2, 0.25) is 0 Å². The van der Waals surface area contributed by atoms with Gasteiger partial charge in [-0.2, -0.15) is 0 Å². The largest absolute Gasteiger partial charge is 0.478 e. The number of imide groups is 1. The summed E-state index contributed by atoms with van der Waals surface area (Å²) in [6, 6.07) is 4.80. The molecule has 1 aromatic rings. The lowest BCUT2D eigenvalue weighted by Gasteiger charge is -2.11. The second kappa shape index (κ2) is 6.34. The van der Waals surface area contributed by atoms with Crippen molar-refractivity contribution in [2.45, 2.75) is 13.8 Å². The van der Waals surface area contributed by atoms with Gasteiger partial charge in [0.25, 0.3) is 5.91 Å². The Labute approximate surface area is 110 Å². The van der Waals surface area contributed by atoms with Crippen LogP contribution in [0.1, 0.15) is 11.1 Å². The first-order valence-corrected chi connectivity index (χ1v) is 5.49. The minimum atomic E-state index is -1.26. The monoisotopic (exact) mass is 262 g/mol. The lowest BCUT2D eigenvalue weighted by Crippen LogP contribution is -2.33. The molecule has 0 unspecified atom stereocenters. The fourth-order valence-corrected chi connectivity index (χ4v) is 1.46. The average molecular weight is 262 g/mol. The minimum absolute atomic E-state index is 0.620. The molecule has 6 heteroatoms. The Morgan fingerprint density at radius 2 is 1.68 bits per heavy atom. The maximum atomic E-state index is 11.5. The number of carbonyl (C=O) groups is 3. The second-order valence-corrected chi connectivity index (χ2v) is 3.88. The molecule has 0 aliphatic carbocycles. The molecule has 3 N–H and O–H groups in total. The van der Waals surface area contributed by atoms with E-state index in [-0.39, 0.29) is 0 Å². The van der Waals surface area contributed by atoms with Gasteiger partial charge in [-0.25, -0.2) is 9.59 Å². The first-order chi connectivity index (χ1) is 8.90. The van der Waals surface area contributed by atoms with Crippen LogP contribution in [0, 0.1) is 13.8 Å². The number of carboxylic acids is 1. The molecule has 3 amide bonds. The Morgan fingerprint density at radius 3 is 2.21 bits per heavy atom. The van der Waals surface area contributed by atoms with E-state index in [4.69, 9.17) is 5.11 Å². The van der Waals surface area contributed by atoms with Crippen molar-refractivity contribution in [1.29, 1.82) is 0 Å². The lowest BCUT2D eigenvalue weighted by atomic mass is 10.1. The molecule has 0 atom stereocenters. The zero-order chi connectivity index (χ0) is 14.4. The van der Waals surface area contributed by atoms with E-state index in [1.54, 1.807) is 0 Å². The van der Waals surface area contributed by atoms with Crippen molar-refractivity contribution >= 4 is 23.6 Å². The number of rotatable bonds is 3. The zero-order valence-corrected chi connectivity index (χ0v) is 10.6. The van der Waals surface area contributed by atoms with Gasteiger partial charge in [0.1, 0.15) is 0 Å². The number of para-hydroxylation sites is 1. The summed E-state index contributed by atoms with van der Waals surface area (Å²) < 4.78 is 0. The van der Waals surface area contributed by atoms with Gasteiger partial charge in [0.15, 0.2) is 0 Å². The van der Waals surface area contributed by atoms with Gasteiger partial charge >= 0.3 is 12.0 Å². The summed E-state index contributed by atoms with van der Waals surface area (Å²) in [5.74, 6) is -2.06. The maximum absolute atomic E-state index is 11.5. The normalized spacial score (nSPS) is 10.2. The van der Waals surface area contributed by atoms with Crippen LogP contribution in [0.5, 0.6) is 0 Å². The van der Waals surface area contributed by atoms with Gasteiger partial charge in [0.05, 0.1) is 0 Å². The number of carbonyl (C=O) groups excluding carboxylic acids is 2. The summed E-state index contributed by atoms with van der Waals surface area (Å²) in [5, 5.41) is 12.9. The molecule has 0 spiro atoms. The van der Waals surface area contributed by atoms with E-state index in [0.29, 0.717) is 11.8 Å². The van der Waals surface area contributed by atoms with Gasteiger partial charge in [-0.15, -0.1) is 0 Å². The van der Waals surface area contributed by atoms with Crippen molar-refractivity contribution in [3.8, 4) is 0 Å². The number of amides is 3. The number of anilines is 1. The molecule has 0 bridgehead atoms. The molecule has 1 rings (SSSR count). The lowest BCUT2D eigenvalue weighted by molar-refractivity contribution is -0.131. The van der Waals surface area contributed by atoms with Gasteiger partial charge in [-0.05, 0) is 25.0 Å². The van der Waals surface area contributed by atoms with Gasteiger partial charge in [-0.3, -0.25) is 10.1 Å². The first kappa shape index (κ1) is 14.4. The van der Waals surface area contributed by atoms with Crippen molar-refractivity contribution in [2.24, 2.45) is 0 Å². The third kappa shape index (κ3) is 4.63. The number of urea groups is 1. The highest BCUT2D eigenvalue weighted by atomic mass is 16.4. The van der Waals surface area contributed by atoms with Crippen LogP contribution in [-0.4, -0.2) is 23.0 Å². The van der Waals surface area contributed by atoms with Crippen molar-refractivity contribution < 1.29 is 19.5 Å². The smallest absolute Gasteiger partial charge is 0.328 e. The number of hydrogen-bond acceptors (Lipinski definition) is 3. The average Bonchev–Trinajstić information content (AvgIpc) is 2.31. The van der Waals surface area contributed by atoms with Crippen LogP contribution in [0.25, 0.3) is 0 Å². The topological polar surface area (TPSA) is 95.5 Å². The highest BCUT2D eigenvalue weighted by Gasteiger charge is 2.08. The van der Waals surface area contributed by atoms with Crippen LogP contribution in [0.3, 0.4) is 0 Å². The standard InChI is InChI=1S/C13H14N2O4/c1-8-4-3-5-9(2)12(8)15-13(19)14-10(16)6-7-11(17)18/h3-7H,1-2H3,(H,17,18)(H2,14,15,16,19)/b7-6+. The SMILES string of the molecule is Cc1cccc(C)c1NC(=O)NC(=O)/C=C/C(=O)O. The molecule has 100 valence electrons. The Hall–Kier alpha value is -2.63. The number of nitrogens with one attached hydrogen (secondary N) is 2. The Balaban J connectivity index is 2.66. The molecule has 0 saturated heterocycles. The summed E-state index contributed by atoms with van der Waals surface area (Å²) >= 11 is 0. The van der Waals surface area contributed by atoms with Gasteiger partial charge in [-0.1, -0.05) is 18.2 Å². The fraction of sp³-hybridized carbons (Fsp3) is 0.154. The predicted molar refractivity (Wildman–Crippen MR) is 69.9 cm³/mol. The summed E-state index contributed by atoms with van der Waals surface area (Å²) in [7, 11) is 0. The van der Waals surface area contributed by atoms with E-state index in [2.05, 4.69) is 5.32 Å². The van der Waals surface area contributed by atoms with Gasteiger partial charge < -0.3 is 10.4 Å². The number of carboxylic acid groups (broad SMARTS) is 1. The van der Waals surface area contributed by atoms with E-state index in [1.165, 1.54) is 0 Å². The number of hydrogen-bond donors (Lipinski definition) is 3. The quantitative estimate of drug-likeness (QED) is 0.721. The Bertz CT molecular complexity index is 529. The summed E-state index contributed by atoms with van der Waals surface area (Å²) in [6.07, 6.45) is 1.42.